The first-order valence-corrected chi connectivity index (χ1v) is 7.16. The van der Waals surface area contributed by atoms with Crippen LogP contribution in [0.1, 0.15) is 25.7 Å². The second-order valence-corrected chi connectivity index (χ2v) is 5.26. The number of carbonyl (C=O) groups excluding carboxylic acids is 1. The summed E-state index contributed by atoms with van der Waals surface area (Å²) in [5.41, 5.74) is 0. The summed E-state index contributed by atoms with van der Waals surface area (Å²) in [6.45, 7) is 5.75. The van der Waals surface area contributed by atoms with Gasteiger partial charge in [-0.3, -0.25) is 14.6 Å². The van der Waals surface area contributed by atoms with Crippen LogP contribution in [-0.2, 0) is 4.79 Å². The fourth-order valence-electron chi connectivity index (χ4n) is 2.94. The molecule has 0 saturated carbocycles. The number of aliphatic hydroxyl groups is 1. The number of hydrogen-bond donors (Lipinski definition) is 2. The van der Waals surface area contributed by atoms with E-state index in [9.17, 15) is 4.79 Å². The largest absolute Gasteiger partial charge is 0.395 e. The molecule has 2 aliphatic rings. The number of rotatable bonds is 3. The zero-order valence-electron chi connectivity index (χ0n) is 11.1. The van der Waals surface area contributed by atoms with Crippen molar-refractivity contribution >= 4 is 5.91 Å². The highest BCUT2D eigenvalue weighted by Gasteiger charge is 2.28. The zero-order chi connectivity index (χ0) is 12.8. The van der Waals surface area contributed by atoms with Crippen LogP contribution in [-0.4, -0.2) is 72.7 Å². The van der Waals surface area contributed by atoms with Crippen molar-refractivity contribution in [3.63, 3.8) is 0 Å². The Hall–Kier alpha value is -0.650. The Bertz CT molecular complexity index is 273. The minimum Gasteiger partial charge on any atom is -0.395 e. The summed E-state index contributed by atoms with van der Waals surface area (Å²) in [5, 5.41) is 12.0. The predicted molar refractivity (Wildman–Crippen MR) is 70.4 cm³/mol. The lowest BCUT2D eigenvalue weighted by Gasteiger charge is -2.28. The molecule has 5 nitrogen and oxygen atoms in total. The Kier molecular flexibility index (Phi) is 5.41. The third-order valence-electron chi connectivity index (χ3n) is 3.99. The van der Waals surface area contributed by atoms with Gasteiger partial charge in [0.05, 0.1) is 12.6 Å². The van der Waals surface area contributed by atoms with Crippen LogP contribution in [0.15, 0.2) is 0 Å². The molecule has 1 amide bonds. The van der Waals surface area contributed by atoms with Gasteiger partial charge in [0.1, 0.15) is 0 Å². The molecule has 18 heavy (non-hydrogen) atoms. The molecule has 2 saturated heterocycles. The molecule has 0 aromatic rings. The van der Waals surface area contributed by atoms with Gasteiger partial charge in [-0.15, -0.1) is 0 Å². The molecule has 2 N–H and O–H groups in total. The van der Waals surface area contributed by atoms with E-state index in [-0.39, 0.29) is 18.6 Å². The van der Waals surface area contributed by atoms with E-state index in [1.165, 1.54) is 0 Å². The van der Waals surface area contributed by atoms with E-state index >= 15 is 0 Å². The Morgan fingerprint density at radius 1 is 1.17 bits per heavy atom. The number of β-amino-alcohol motifs (C(OH)–C–C–N with tert-alkyl or cyclic N) is 1. The summed E-state index contributed by atoms with van der Waals surface area (Å²) in [5.74, 6) is 0.211. The maximum absolute atomic E-state index is 12.0. The second kappa shape index (κ2) is 7.07. The van der Waals surface area contributed by atoms with E-state index in [4.69, 9.17) is 5.11 Å². The Balaban J connectivity index is 1.89. The normalized spacial score (nSPS) is 28.5. The molecule has 2 rings (SSSR count). The topological polar surface area (TPSA) is 55.8 Å². The van der Waals surface area contributed by atoms with Gasteiger partial charge in [0.25, 0.3) is 0 Å². The minimum absolute atomic E-state index is 0.0709. The first kappa shape index (κ1) is 13.8. The highest BCUT2D eigenvalue weighted by molar-refractivity contribution is 5.81. The van der Waals surface area contributed by atoms with Gasteiger partial charge in [-0.05, 0) is 32.2 Å². The van der Waals surface area contributed by atoms with Crippen LogP contribution in [0.5, 0.6) is 0 Å². The Morgan fingerprint density at radius 3 is 2.89 bits per heavy atom. The average molecular weight is 255 g/mol. The molecular weight excluding hydrogens is 230 g/mol. The van der Waals surface area contributed by atoms with Crippen molar-refractivity contribution in [2.75, 3.05) is 45.9 Å². The Labute approximate surface area is 109 Å². The van der Waals surface area contributed by atoms with Crippen LogP contribution in [0.25, 0.3) is 0 Å². The van der Waals surface area contributed by atoms with Crippen LogP contribution in [0, 0.1) is 0 Å². The maximum Gasteiger partial charge on any atom is 0.237 e. The van der Waals surface area contributed by atoms with Crippen molar-refractivity contribution in [3.05, 3.63) is 0 Å². The molecule has 2 heterocycles. The van der Waals surface area contributed by atoms with Crippen LogP contribution in [0.4, 0.5) is 0 Å². The molecule has 0 aliphatic carbocycles. The number of nitrogens with zero attached hydrogens (tertiary/aromatic N) is 2. The van der Waals surface area contributed by atoms with Crippen molar-refractivity contribution in [1.82, 2.24) is 15.1 Å². The van der Waals surface area contributed by atoms with Crippen molar-refractivity contribution in [2.24, 2.45) is 0 Å². The molecule has 0 aromatic carbocycles. The summed E-state index contributed by atoms with van der Waals surface area (Å²) >= 11 is 0. The third-order valence-corrected chi connectivity index (χ3v) is 3.99. The molecule has 5 heteroatoms. The van der Waals surface area contributed by atoms with E-state index in [0.717, 1.165) is 65.0 Å². The number of hydrogen-bond acceptors (Lipinski definition) is 4. The first-order valence-electron chi connectivity index (χ1n) is 7.16. The van der Waals surface area contributed by atoms with E-state index in [1.54, 1.807) is 0 Å². The lowest BCUT2D eigenvalue weighted by molar-refractivity contribution is -0.126. The number of aliphatic hydroxyl groups excluding tert-OH is 1. The van der Waals surface area contributed by atoms with Crippen LogP contribution in [0.3, 0.4) is 0 Å². The standard InChI is InChI=1S/C13H25N3O2/c17-11-10-15-6-3-7-16(9-8-15)12-4-1-2-5-14-13(12)18/h12,17H,1-11H2,(H,14,18). The Morgan fingerprint density at radius 2 is 2.06 bits per heavy atom. The zero-order valence-corrected chi connectivity index (χ0v) is 11.1. The SMILES string of the molecule is O=C1NCCCCC1N1CCCN(CCO)CC1. The van der Waals surface area contributed by atoms with Gasteiger partial charge in [0.15, 0.2) is 0 Å². The molecule has 0 spiro atoms. The van der Waals surface area contributed by atoms with E-state index in [0.29, 0.717) is 0 Å². The molecule has 1 atom stereocenters. The van der Waals surface area contributed by atoms with Crippen LogP contribution in [0.2, 0.25) is 0 Å². The average Bonchev–Trinajstić information content (AvgIpc) is 2.70. The van der Waals surface area contributed by atoms with E-state index in [2.05, 4.69) is 15.1 Å². The summed E-state index contributed by atoms with van der Waals surface area (Å²) < 4.78 is 0. The van der Waals surface area contributed by atoms with Crippen LogP contribution < -0.4 is 5.32 Å². The minimum atomic E-state index is 0.0709. The van der Waals surface area contributed by atoms with E-state index in [1.807, 2.05) is 0 Å². The molecule has 2 fully saturated rings. The molecule has 0 aromatic heterocycles. The fraction of sp³-hybridized carbons (Fsp3) is 0.923. The summed E-state index contributed by atoms with van der Waals surface area (Å²) in [6, 6.07) is 0.0709. The number of carbonyl (C=O) groups is 1. The van der Waals surface area contributed by atoms with Gasteiger partial charge in [-0.1, -0.05) is 0 Å². The highest BCUT2D eigenvalue weighted by atomic mass is 16.3. The van der Waals surface area contributed by atoms with Gasteiger partial charge in [0.2, 0.25) is 5.91 Å². The van der Waals surface area contributed by atoms with Gasteiger partial charge < -0.3 is 10.4 Å². The lowest BCUT2D eigenvalue weighted by Crippen LogP contribution is -2.47. The summed E-state index contributed by atoms with van der Waals surface area (Å²) in [7, 11) is 0. The lowest BCUT2D eigenvalue weighted by atomic mass is 10.1. The quantitative estimate of drug-likeness (QED) is 0.724. The number of amides is 1. The fourth-order valence-corrected chi connectivity index (χ4v) is 2.94. The van der Waals surface area contributed by atoms with E-state index < -0.39 is 0 Å². The van der Waals surface area contributed by atoms with Gasteiger partial charge in [-0.2, -0.15) is 0 Å². The summed E-state index contributed by atoms with van der Waals surface area (Å²) in [6.07, 6.45) is 4.32. The van der Waals surface area contributed by atoms with Crippen molar-refractivity contribution in [3.8, 4) is 0 Å². The second-order valence-electron chi connectivity index (χ2n) is 5.26. The van der Waals surface area contributed by atoms with Crippen molar-refractivity contribution in [1.29, 1.82) is 0 Å². The van der Waals surface area contributed by atoms with Crippen molar-refractivity contribution in [2.45, 2.75) is 31.7 Å². The first-order chi connectivity index (χ1) is 8.81. The molecule has 1 unspecified atom stereocenters. The molecule has 0 bridgehead atoms. The van der Waals surface area contributed by atoms with Crippen LogP contribution >= 0.6 is 0 Å². The monoisotopic (exact) mass is 255 g/mol. The highest BCUT2D eigenvalue weighted by Crippen LogP contribution is 2.15. The summed E-state index contributed by atoms with van der Waals surface area (Å²) in [4.78, 5) is 16.6. The molecule has 2 aliphatic heterocycles. The van der Waals surface area contributed by atoms with Gasteiger partial charge in [-0.25, -0.2) is 0 Å². The maximum atomic E-state index is 12.0. The third kappa shape index (κ3) is 3.67. The smallest absolute Gasteiger partial charge is 0.237 e. The molecule has 0 radical (unpaired) electrons. The van der Waals surface area contributed by atoms with Gasteiger partial charge in [0, 0.05) is 32.7 Å². The molecular formula is C13H25N3O2. The predicted octanol–water partition coefficient (Wildman–Crippen LogP) is -0.345. The van der Waals surface area contributed by atoms with Gasteiger partial charge >= 0.3 is 0 Å². The van der Waals surface area contributed by atoms with Crippen molar-refractivity contribution < 1.29 is 9.90 Å². The molecule has 104 valence electrons. The number of nitrogens with one attached hydrogen (secondary N) is 1.